The van der Waals surface area contributed by atoms with Gasteiger partial charge in [0.05, 0.1) is 17.9 Å². The number of carbonyl (C=O) groups is 1. The molecule has 3 heterocycles. The van der Waals surface area contributed by atoms with Crippen molar-refractivity contribution in [3.8, 4) is 0 Å². The van der Waals surface area contributed by atoms with Gasteiger partial charge in [0.1, 0.15) is 0 Å². The quantitative estimate of drug-likeness (QED) is 0.874. The van der Waals surface area contributed by atoms with Crippen LogP contribution in [-0.2, 0) is 0 Å². The Labute approximate surface area is 156 Å². The molecule has 144 valence electrons. The van der Waals surface area contributed by atoms with Gasteiger partial charge in [-0.3, -0.25) is 4.79 Å². The van der Waals surface area contributed by atoms with E-state index in [1.54, 1.807) is 6.20 Å². The minimum Gasteiger partial charge on any atom is -0.396 e. The van der Waals surface area contributed by atoms with Crippen LogP contribution >= 0.6 is 0 Å². The predicted molar refractivity (Wildman–Crippen MR) is 102 cm³/mol. The molecule has 2 saturated heterocycles. The van der Waals surface area contributed by atoms with E-state index in [0.29, 0.717) is 12.1 Å². The molecule has 2 aliphatic rings. The van der Waals surface area contributed by atoms with Crippen molar-refractivity contribution in [1.82, 2.24) is 14.9 Å². The highest BCUT2D eigenvalue weighted by Crippen LogP contribution is 2.34. The first kappa shape index (κ1) is 19.1. The number of rotatable bonds is 5. The van der Waals surface area contributed by atoms with Crippen LogP contribution in [0.1, 0.15) is 67.9 Å². The molecule has 1 amide bonds. The third kappa shape index (κ3) is 4.00. The number of nitrogens with zero attached hydrogens (tertiary/aromatic N) is 4. The van der Waals surface area contributed by atoms with Crippen LogP contribution in [0.25, 0.3) is 0 Å². The number of carbonyl (C=O) groups excluding carboxylic acids is 1. The molecule has 1 N–H and O–H groups in total. The van der Waals surface area contributed by atoms with Crippen LogP contribution in [-0.4, -0.2) is 58.7 Å². The average Bonchev–Trinajstić information content (AvgIpc) is 2.68. The van der Waals surface area contributed by atoms with Crippen molar-refractivity contribution in [1.29, 1.82) is 0 Å². The lowest BCUT2D eigenvalue weighted by molar-refractivity contribution is 0.0221. The number of anilines is 1. The lowest BCUT2D eigenvalue weighted by Gasteiger charge is -2.42. The van der Waals surface area contributed by atoms with E-state index in [-0.39, 0.29) is 17.9 Å². The van der Waals surface area contributed by atoms with E-state index >= 15 is 0 Å². The summed E-state index contributed by atoms with van der Waals surface area (Å²) in [6.07, 6.45) is 9.23. The number of piperidine rings is 2. The molecule has 0 saturated carbocycles. The average molecular weight is 361 g/mol. The maximum absolute atomic E-state index is 13.1. The molecule has 1 aromatic heterocycles. The molecule has 0 aliphatic carbocycles. The van der Waals surface area contributed by atoms with Crippen LogP contribution in [0.4, 0.5) is 5.95 Å². The number of aryl methyl sites for hydroxylation is 1. The topological polar surface area (TPSA) is 69.6 Å². The van der Waals surface area contributed by atoms with Crippen molar-refractivity contribution in [3.63, 3.8) is 0 Å². The second kappa shape index (κ2) is 8.33. The predicted octanol–water partition coefficient (Wildman–Crippen LogP) is 2.79. The van der Waals surface area contributed by atoms with Gasteiger partial charge in [0.25, 0.3) is 5.91 Å². The molecule has 1 aromatic rings. The van der Waals surface area contributed by atoms with Crippen molar-refractivity contribution in [2.24, 2.45) is 5.41 Å². The molecule has 0 unspecified atom stereocenters. The fourth-order valence-corrected chi connectivity index (χ4v) is 4.41. The SMILES string of the molecule is CCC[C@@]1(CO)CCCN(C(=O)c2cnc(N3CCCCC3)nc2C)C1. The molecule has 0 bridgehead atoms. The van der Waals surface area contributed by atoms with Crippen LogP contribution < -0.4 is 4.90 Å². The molecule has 6 nitrogen and oxygen atoms in total. The van der Waals surface area contributed by atoms with Crippen LogP contribution in [0, 0.1) is 12.3 Å². The number of aliphatic hydroxyl groups excluding tert-OH is 1. The van der Waals surface area contributed by atoms with Crippen molar-refractivity contribution in [3.05, 3.63) is 17.5 Å². The summed E-state index contributed by atoms with van der Waals surface area (Å²) < 4.78 is 0. The lowest BCUT2D eigenvalue weighted by Crippen LogP contribution is -2.48. The smallest absolute Gasteiger partial charge is 0.257 e. The molecule has 26 heavy (non-hydrogen) atoms. The summed E-state index contributed by atoms with van der Waals surface area (Å²) >= 11 is 0. The molecule has 1 atom stereocenters. The van der Waals surface area contributed by atoms with Gasteiger partial charge in [-0.15, -0.1) is 0 Å². The fourth-order valence-electron chi connectivity index (χ4n) is 4.41. The first-order valence-electron chi connectivity index (χ1n) is 10.1. The minimum absolute atomic E-state index is 0.00122. The zero-order chi connectivity index (χ0) is 18.6. The Kier molecular flexibility index (Phi) is 6.12. The summed E-state index contributed by atoms with van der Waals surface area (Å²) in [7, 11) is 0. The molecule has 0 spiro atoms. The number of aromatic nitrogens is 2. The number of amides is 1. The van der Waals surface area contributed by atoms with Crippen LogP contribution in [0.15, 0.2) is 6.20 Å². The van der Waals surface area contributed by atoms with E-state index in [9.17, 15) is 9.90 Å². The molecule has 0 aromatic carbocycles. The van der Waals surface area contributed by atoms with Crippen LogP contribution in [0.3, 0.4) is 0 Å². The number of aliphatic hydroxyl groups is 1. The zero-order valence-corrected chi connectivity index (χ0v) is 16.2. The Morgan fingerprint density at radius 2 is 2.00 bits per heavy atom. The first-order valence-corrected chi connectivity index (χ1v) is 10.1. The second-order valence-electron chi connectivity index (χ2n) is 7.96. The molecule has 2 fully saturated rings. The fraction of sp³-hybridized carbons (Fsp3) is 0.750. The first-order chi connectivity index (χ1) is 12.6. The Hall–Kier alpha value is -1.69. The van der Waals surface area contributed by atoms with Crippen LogP contribution in [0.2, 0.25) is 0 Å². The lowest BCUT2D eigenvalue weighted by atomic mass is 9.77. The Balaban J connectivity index is 1.74. The van der Waals surface area contributed by atoms with Crippen molar-refractivity contribution >= 4 is 11.9 Å². The maximum Gasteiger partial charge on any atom is 0.257 e. The largest absolute Gasteiger partial charge is 0.396 e. The highest BCUT2D eigenvalue weighted by atomic mass is 16.3. The number of likely N-dealkylation sites (tertiary alicyclic amines) is 1. The van der Waals surface area contributed by atoms with Gasteiger partial charge >= 0.3 is 0 Å². The van der Waals surface area contributed by atoms with Gasteiger partial charge in [0.2, 0.25) is 5.95 Å². The molecular weight excluding hydrogens is 328 g/mol. The van der Waals surface area contributed by atoms with E-state index in [4.69, 9.17) is 0 Å². The van der Waals surface area contributed by atoms with Gasteiger partial charge in [-0.25, -0.2) is 9.97 Å². The third-order valence-electron chi connectivity index (χ3n) is 5.90. The summed E-state index contributed by atoms with van der Waals surface area (Å²) in [6, 6.07) is 0. The molecule has 0 radical (unpaired) electrons. The van der Waals surface area contributed by atoms with Crippen molar-refractivity contribution in [2.45, 2.75) is 58.8 Å². The summed E-state index contributed by atoms with van der Waals surface area (Å²) in [4.78, 5) is 26.3. The van der Waals surface area contributed by atoms with Crippen LogP contribution in [0.5, 0.6) is 0 Å². The van der Waals surface area contributed by atoms with Gasteiger partial charge in [-0.1, -0.05) is 13.3 Å². The highest BCUT2D eigenvalue weighted by molar-refractivity contribution is 5.95. The van der Waals surface area contributed by atoms with Crippen molar-refractivity contribution in [2.75, 3.05) is 37.7 Å². The number of hydrogen-bond acceptors (Lipinski definition) is 5. The monoisotopic (exact) mass is 360 g/mol. The minimum atomic E-state index is -0.148. The van der Waals surface area contributed by atoms with Gasteiger partial charge in [0, 0.05) is 37.8 Å². The molecule has 2 aliphatic heterocycles. The molecule has 6 heteroatoms. The highest BCUT2D eigenvalue weighted by Gasteiger charge is 2.36. The second-order valence-corrected chi connectivity index (χ2v) is 7.96. The van der Waals surface area contributed by atoms with Gasteiger partial charge in [-0.05, 0) is 45.4 Å². The van der Waals surface area contributed by atoms with Gasteiger partial charge < -0.3 is 14.9 Å². The van der Waals surface area contributed by atoms with Gasteiger partial charge in [-0.2, -0.15) is 0 Å². The summed E-state index contributed by atoms with van der Waals surface area (Å²) in [6.45, 7) is 7.55. The zero-order valence-electron chi connectivity index (χ0n) is 16.2. The van der Waals surface area contributed by atoms with E-state index < -0.39 is 0 Å². The van der Waals surface area contributed by atoms with Gasteiger partial charge in [0.15, 0.2) is 0 Å². The van der Waals surface area contributed by atoms with E-state index in [1.165, 1.54) is 19.3 Å². The summed E-state index contributed by atoms with van der Waals surface area (Å²) in [5, 5.41) is 9.91. The van der Waals surface area contributed by atoms with E-state index in [2.05, 4.69) is 21.8 Å². The standard InChI is InChI=1S/C20H32N4O2/c1-3-8-20(15-25)9-7-12-24(14-20)18(26)17-13-21-19(22-16(17)2)23-10-5-4-6-11-23/h13,25H,3-12,14-15H2,1-2H3/t20-/m1/s1. The Morgan fingerprint density at radius 3 is 2.65 bits per heavy atom. The number of hydrogen-bond donors (Lipinski definition) is 1. The third-order valence-corrected chi connectivity index (χ3v) is 5.90. The maximum atomic E-state index is 13.1. The van der Waals surface area contributed by atoms with E-state index in [0.717, 1.165) is 57.0 Å². The summed E-state index contributed by atoms with van der Waals surface area (Å²) in [5.74, 6) is 0.745. The van der Waals surface area contributed by atoms with E-state index in [1.807, 2.05) is 11.8 Å². The molecule has 3 rings (SSSR count). The normalized spacial score (nSPS) is 24.0. The Morgan fingerprint density at radius 1 is 1.23 bits per heavy atom. The summed E-state index contributed by atoms with van der Waals surface area (Å²) in [5.41, 5.74) is 1.20. The molecular formula is C20H32N4O2. The Bertz CT molecular complexity index is 626. The van der Waals surface area contributed by atoms with Crippen molar-refractivity contribution < 1.29 is 9.90 Å².